The zero-order valence-corrected chi connectivity index (χ0v) is 12.7. The maximum absolute atomic E-state index is 13.6. The molecule has 3 atom stereocenters. The van der Waals surface area contributed by atoms with Crippen molar-refractivity contribution in [2.45, 2.75) is 37.7 Å². The minimum atomic E-state index is -0.956. The molecule has 1 aliphatic rings. The van der Waals surface area contributed by atoms with Gasteiger partial charge in [-0.1, -0.05) is 19.1 Å². The van der Waals surface area contributed by atoms with Gasteiger partial charge in [-0.2, -0.15) is 11.8 Å². The number of thioether (sulfide) groups is 1. The summed E-state index contributed by atoms with van der Waals surface area (Å²) in [5.74, 6) is -0.760. The predicted octanol–water partition coefficient (Wildman–Crippen LogP) is 3.21. The van der Waals surface area contributed by atoms with Gasteiger partial charge in [-0.3, -0.25) is 4.90 Å². The summed E-state index contributed by atoms with van der Waals surface area (Å²) in [6, 6.07) is 4.38. The fourth-order valence-corrected chi connectivity index (χ4v) is 3.69. The number of benzene rings is 1. The summed E-state index contributed by atoms with van der Waals surface area (Å²) in [5, 5.41) is 10.6. The number of hydrogen-bond acceptors (Lipinski definition) is 3. The molecule has 3 unspecified atom stereocenters. The Hall–Kier alpha value is -0.650. The molecule has 1 heterocycles. The van der Waals surface area contributed by atoms with Gasteiger partial charge in [-0.05, 0) is 19.4 Å². The van der Waals surface area contributed by atoms with E-state index in [0.717, 1.165) is 18.4 Å². The summed E-state index contributed by atoms with van der Waals surface area (Å²) in [6.45, 7) is 6.05. The minimum absolute atomic E-state index is 0.0529. The van der Waals surface area contributed by atoms with E-state index in [-0.39, 0.29) is 5.56 Å². The summed E-state index contributed by atoms with van der Waals surface area (Å²) >= 11 is 1.95. The molecule has 1 aliphatic heterocycles. The molecule has 0 aromatic heterocycles. The highest BCUT2D eigenvalue weighted by Gasteiger charge is 2.26. The molecule has 1 aromatic carbocycles. The topological polar surface area (TPSA) is 23.5 Å². The Morgan fingerprint density at radius 2 is 2.15 bits per heavy atom. The van der Waals surface area contributed by atoms with Crippen molar-refractivity contribution in [2.75, 3.05) is 18.8 Å². The summed E-state index contributed by atoms with van der Waals surface area (Å²) in [4.78, 5) is 2.31. The lowest BCUT2D eigenvalue weighted by molar-refractivity contribution is 0.124. The van der Waals surface area contributed by atoms with Crippen molar-refractivity contribution in [1.82, 2.24) is 4.90 Å². The first-order valence-electron chi connectivity index (χ1n) is 6.98. The minimum Gasteiger partial charge on any atom is -0.388 e. The Kier molecular flexibility index (Phi) is 5.41. The first-order valence-corrected chi connectivity index (χ1v) is 8.03. The number of halogens is 2. The second kappa shape index (κ2) is 6.87. The first-order chi connectivity index (χ1) is 9.50. The van der Waals surface area contributed by atoms with Gasteiger partial charge < -0.3 is 5.11 Å². The molecule has 2 nitrogen and oxygen atoms in total. The second-order valence-corrected chi connectivity index (χ2v) is 6.79. The van der Waals surface area contributed by atoms with Gasteiger partial charge in [-0.25, -0.2) is 8.78 Å². The average Bonchev–Trinajstić information content (AvgIpc) is 2.43. The predicted molar refractivity (Wildman–Crippen MR) is 78.9 cm³/mol. The van der Waals surface area contributed by atoms with Crippen molar-refractivity contribution >= 4 is 11.8 Å². The maximum atomic E-state index is 13.6. The number of nitrogens with zero attached hydrogens (tertiary/aromatic N) is 1. The molecule has 2 rings (SSSR count). The lowest BCUT2D eigenvalue weighted by atomic mass is 10.0. The van der Waals surface area contributed by atoms with Gasteiger partial charge in [0.25, 0.3) is 0 Å². The number of hydrogen-bond donors (Lipinski definition) is 1. The molecule has 1 aromatic rings. The molecule has 0 radical (unpaired) electrons. The molecule has 1 saturated heterocycles. The van der Waals surface area contributed by atoms with Crippen LogP contribution in [0.15, 0.2) is 18.2 Å². The zero-order chi connectivity index (χ0) is 14.7. The Balaban J connectivity index is 1.95. The molecular formula is C15H21F2NOS. The van der Waals surface area contributed by atoms with Crippen LogP contribution >= 0.6 is 11.8 Å². The van der Waals surface area contributed by atoms with Crippen LogP contribution in [0.2, 0.25) is 0 Å². The monoisotopic (exact) mass is 301 g/mol. The van der Waals surface area contributed by atoms with E-state index in [4.69, 9.17) is 0 Å². The molecule has 0 bridgehead atoms. The van der Waals surface area contributed by atoms with Crippen LogP contribution in [0.5, 0.6) is 0 Å². The largest absolute Gasteiger partial charge is 0.388 e. The maximum Gasteiger partial charge on any atom is 0.164 e. The summed E-state index contributed by atoms with van der Waals surface area (Å²) in [7, 11) is 0. The van der Waals surface area contributed by atoms with Crippen LogP contribution in [0.25, 0.3) is 0 Å². The summed E-state index contributed by atoms with van der Waals surface area (Å²) in [6.07, 6.45) is -0.537. The van der Waals surface area contributed by atoms with Gasteiger partial charge in [0, 0.05) is 35.7 Å². The van der Waals surface area contributed by atoms with E-state index in [1.807, 2.05) is 11.8 Å². The molecule has 0 spiro atoms. The van der Waals surface area contributed by atoms with Gasteiger partial charge >= 0.3 is 0 Å². The summed E-state index contributed by atoms with van der Waals surface area (Å²) in [5.41, 5.74) is 0.0529. The highest BCUT2D eigenvalue weighted by atomic mass is 32.2. The smallest absolute Gasteiger partial charge is 0.164 e. The van der Waals surface area contributed by atoms with Crippen LogP contribution in [0.3, 0.4) is 0 Å². The molecule has 0 aliphatic carbocycles. The Labute approximate surface area is 123 Å². The third kappa shape index (κ3) is 3.51. The summed E-state index contributed by atoms with van der Waals surface area (Å²) < 4.78 is 26.8. The van der Waals surface area contributed by atoms with Crippen LogP contribution in [0.4, 0.5) is 8.78 Å². The van der Waals surface area contributed by atoms with Crippen molar-refractivity contribution in [3.8, 4) is 0 Å². The first kappa shape index (κ1) is 15.7. The third-order valence-corrected chi connectivity index (χ3v) is 5.38. The lowest BCUT2D eigenvalue weighted by Gasteiger charge is -2.37. The standard InChI is InChI=1S/C15H21F2NOS/c1-10-11(2)20-9-8-18(10)7-6-14(19)12-4-3-5-13(16)15(12)17/h3-5,10-11,14,19H,6-9H2,1-2H3. The van der Waals surface area contributed by atoms with E-state index in [1.165, 1.54) is 12.1 Å². The molecule has 1 N–H and O–H groups in total. The van der Waals surface area contributed by atoms with Gasteiger partial charge in [0.15, 0.2) is 11.6 Å². The van der Waals surface area contributed by atoms with Crippen LogP contribution < -0.4 is 0 Å². The van der Waals surface area contributed by atoms with Crippen LogP contribution in [-0.2, 0) is 0 Å². The molecule has 1 fully saturated rings. The molecule has 5 heteroatoms. The molecule has 0 amide bonds. The number of aliphatic hydroxyl groups is 1. The van der Waals surface area contributed by atoms with Gasteiger partial charge in [0.05, 0.1) is 6.10 Å². The zero-order valence-electron chi connectivity index (χ0n) is 11.9. The SMILES string of the molecule is CC1SCCN(CCC(O)c2cccc(F)c2F)C1C. The van der Waals surface area contributed by atoms with Crippen LogP contribution in [-0.4, -0.2) is 40.1 Å². The van der Waals surface area contributed by atoms with Crippen LogP contribution in [0.1, 0.15) is 31.9 Å². The highest BCUT2D eigenvalue weighted by molar-refractivity contribution is 8.00. The van der Waals surface area contributed by atoms with Crippen molar-refractivity contribution in [3.05, 3.63) is 35.4 Å². The number of rotatable bonds is 4. The van der Waals surface area contributed by atoms with E-state index in [1.54, 1.807) is 0 Å². The van der Waals surface area contributed by atoms with Crippen molar-refractivity contribution in [3.63, 3.8) is 0 Å². The molecule has 20 heavy (non-hydrogen) atoms. The molecular weight excluding hydrogens is 280 g/mol. The van der Waals surface area contributed by atoms with E-state index < -0.39 is 17.7 Å². The quantitative estimate of drug-likeness (QED) is 0.924. The fourth-order valence-electron chi connectivity index (χ4n) is 2.53. The second-order valence-electron chi connectivity index (χ2n) is 5.30. The Morgan fingerprint density at radius 1 is 1.40 bits per heavy atom. The average molecular weight is 301 g/mol. The van der Waals surface area contributed by atoms with Crippen molar-refractivity contribution in [1.29, 1.82) is 0 Å². The highest BCUT2D eigenvalue weighted by Crippen LogP contribution is 2.26. The van der Waals surface area contributed by atoms with E-state index in [0.29, 0.717) is 24.3 Å². The molecule has 112 valence electrons. The van der Waals surface area contributed by atoms with Gasteiger partial charge in [0.2, 0.25) is 0 Å². The van der Waals surface area contributed by atoms with E-state index in [2.05, 4.69) is 18.7 Å². The normalized spacial score (nSPS) is 25.6. The molecule has 0 saturated carbocycles. The Bertz CT molecular complexity index is 457. The van der Waals surface area contributed by atoms with E-state index in [9.17, 15) is 13.9 Å². The van der Waals surface area contributed by atoms with Crippen LogP contribution in [0, 0.1) is 11.6 Å². The van der Waals surface area contributed by atoms with Gasteiger partial charge in [-0.15, -0.1) is 0 Å². The van der Waals surface area contributed by atoms with E-state index >= 15 is 0 Å². The van der Waals surface area contributed by atoms with Crippen molar-refractivity contribution < 1.29 is 13.9 Å². The number of aliphatic hydroxyl groups excluding tert-OH is 1. The Morgan fingerprint density at radius 3 is 2.90 bits per heavy atom. The fraction of sp³-hybridized carbons (Fsp3) is 0.600. The van der Waals surface area contributed by atoms with Gasteiger partial charge in [0.1, 0.15) is 0 Å². The lowest BCUT2D eigenvalue weighted by Crippen LogP contribution is -2.45. The van der Waals surface area contributed by atoms with Crippen molar-refractivity contribution in [2.24, 2.45) is 0 Å². The third-order valence-electron chi connectivity index (χ3n) is 4.04.